The molecule has 0 amide bonds. The van der Waals surface area contributed by atoms with Crippen molar-refractivity contribution < 1.29 is 28.4 Å². The smallest absolute Gasteiger partial charge is 0.400 e. The molecule has 0 saturated carbocycles. The molecule has 7 nitrogen and oxygen atoms in total. The van der Waals surface area contributed by atoms with E-state index in [9.17, 15) is 9.36 Å². The van der Waals surface area contributed by atoms with Crippen molar-refractivity contribution in [1.82, 2.24) is 5.09 Å². The fourth-order valence-electron chi connectivity index (χ4n) is 4.25. The Balaban J connectivity index is 2.16. The molecule has 0 fully saturated rings. The predicted octanol–water partition coefficient (Wildman–Crippen LogP) is 6.19. The molecule has 202 valence electrons. The minimum Gasteiger partial charge on any atom is -0.462 e. The molecule has 0 aliphatic heterocycles. The number of nitrogens with zero attached hydrogens (tertiary/aromatic N) is 1. The second-order valence-corrected chi connectivity index (χ2v) is 11.7. The van der Waals surface area contributed by atoms with Crippen LogP contribution in [0.4, 0.5) is 0 Å². The van der Waals surface area contributed by atoms with Crippen LogP contribution in [0.1, 0.15) is 106 Å². The van der Waals surface area contributed by atoms with Crippen molar-refractivity contribution in [2.75, 3.05) is 33.8 Å². The van der Waals surface area contributed by atoms with Crippen molar-refractivity contribution in [1.29, 1.82) is 0 Å². The molecule has 0 spiro atoms. The number of nitrogens with one attached hydrogen (secondary N) is 1. The van der Waals surface area contributed by atoms with Crippen molar-refractivity contribution in [3.8, 4) is 0 Å². The van der Waals surface area contributed by atoms with Gasteiger partial charge in [-0.05, 0) is 31.4 Å². The third-order valence-corrected chi connectivity index (χ3v) is 6.92. The maximum Gasteiger partial charge on any atom is 0.400 e. The summed E-state index contributed by atoms with van der Waals surface area (Å²) in [4.78, 5) is 29.6. The van der Waals surface area contributed by atoms with Crippen molar-refractivity contribution in [2.24, 2.45) is 0 Å². The van der Waals surface area contributed by atoms with Gasteiger partial charge in [-0.3, -0.25) is 0 Å². The van der Waals surface area contributed by atoms with Gasteiger partial charge in [0.25, 0.3) is 0 Å². The van der Waals surface area contributed by atoms with Crippen LogP contribution in [0.3, 0.4) is 0 Å². The summed E-state index contributed by atoms with van der Waals surface area (Å²) >= 11 is 0. The van der Waals surface area contributed by atoms with Gasteiger partial charge in [-0.2, -0.15) is 0 Å². The Morgan fingerprint density at radius 1 is 0.857 bits per heavy atom. The Labute approximate surface area is 213 Å². The number of benzene rings is 1. The maximum atomic E-state index is 12.1. The fraction of sp³-hybridized carbons (Fsp3) is 0.741. The molecule has 0 aromatic heterocycles. The second kappa shape index (κ2) is 18.1. The van der Waals surface area contributed by atoms with Gasteiger partial charge >= 0.3 is 13.7 Å². The number of unbranched alkanes of at least 4 members (excludes halogenated alkanes) is 11. The average Bonchev–Trinajstić information content (AvgIpc) is 2.79. The standard InChI is InChI=1S/C27H49N2O5P/c1-4-5-6-7-8-9-10-11-12-13-14-15-22-29(2,3)24-25-17-19-26(20-18-25)27(30)34-23-16-21-28-35(31,32)33/h17-20H,4-16,21-24H2,1-3H3,(H2-,28,31,32,33)/p+1. The first-order valence-corrected chi connectivity index (χ1v) is 15.1. The lowest BCUT2D eigenvalue weighted by Gasteiger charge is -2.30. The van der Waals surface area contributed by atoms with E-state index in [2.05, 4.69) is 26.1 Å². The molecule has 0 aliphatic carbocycles. The number of ether oxygens (including phenoxy) is 1. The molecular formula is C27H50N2O5P+. The average molecular weight is 514 g/mol. The number of hydrogen-bond donors (Lipinski definition) is 3. The highest BCUT2D eigenvalue weighted by Crippen LogP contribution is 2.27. The lowest BCUT2D eigenvalue weighted by atomic mass is 10.0. The molecule has 0 radical (unpaired) electrons. The molecule has 0 atom stereocenters. The Kier molecular flexibility index (Phi) is 16.4. The van der Waals surface area contributed by atoms with Gasteiger partial charge in [0.05, 0.1) is 32.8 Å². The van der Waals surface area contributed by atoms with E-state index in [0.29, 0.717) is 12.0 Å². The number of hydrogen-bond acceptors (Lipinski definition) is 3. The Hall–Kier alpha value is -1.24. The van der Waals surface area contributed by atoms with Crippen molar-refractivity contribution >= 4 is 13.7 Å². The van der Waals surface area contributed by atoms with E-state index in [-0.39, 0.29) is 13.2 Å². The van der Waals surface area contributed by atoms with Crippen LogP contribution in [-0.2, 0) is 15.8 Å². The summed E-state index contributed by atoms with van der Waals surface area (Å²) in [5.74, 6) is -0.419. The van der Waals surface area contributed by atoms with Gasteiger partial charge in [-0.25, -0.2) is 14.4 Å². The first-order chi connectivity index (χ1) is 16.6. The first kappa shape index (κ1) is 31.8. The third kappa shape index (κ3) is 17.8. The number of esters is 1. The minimum absolute atomic E-state index is 0.0860. The SMILES string of the molecule is CCCCCCCCCCCCCC[N+](C)(C)Cc1ccc(C(=O)OCCCNP(=O)(O)O)cc1. The third-order valence-electron chi connectivity index (χ3n) is 6.29. The fourth-order valence-corrected chi connectivity index (χ4v) is 4.69. The molecule has 0 saturated heterocycles. The molecule has 0 unspecified atom stereocenters. The van der Waals surface area contributed by atoms with Crippen molar-refractivity contribution in [3.63, 3.8) is 0 Å². The number of rotatable bonds is 21. The van der Waals surface area contributed by atoms with Crippen molar-refractivity contribution in [3.05, 3.63) is 35.4 Å². The molecule has 3 N–H and O–H groups in total. The molecule has 0 heterocycles. The normalized spacial score (nSPS) is 12.1. The number of quaternary nitrogens is 1. The molecule has 8 heteroatoms. The lowest BCUT2D eigenvalue weighted by Crippen LogP contribution is -2.39. The molecule has 1 aromatic rings. The van der Waals surface area contributed by atoms with Gasteiger partial charge in [-0.1, -0.05) is 83.3 Å². The van der Waals surface area contributed by atoms with Crippen LogP contribution in [0.15, 0.2) is 24.3 Å². The van der Waals surface area contributed by atoms with Crippen LogP contribution >= 0.6 is 7.75 Å². The molecule has 35 heavy (non-hydrogen) atoms. The summed E-state index contributed by atoms with van der Waals surface area (Å²) in [6, 6.07) is 7.53. The monoisotopic (exact) mass is 513 g/mol. The first-order valence-electron chi connectivity index (χ1n) is 13.5. The van der Waals surface area contributed by atoms with Gasteiger partial charge in [0.1, 0.15) is 6.54 Å². The number of carbonyl (C=O) groups excluding carboxylic acids is 1. The summed E-state index contributed by atoms with van der Waals surface area (Å²) in [6.45, 7) is 4.52. The van der Waals surface area contributed by atoms with E-state index in [4.69, 9.17) is 14.5 Å². The van der Waals surface area contributed by atoms with Crippen molar-refractivity contribution in [2.45, 2.75) is 96.9 Å². The van der Waals surface area contributed by atoms with Crippen LogP contribution in [-0.4, -0.2) is 54.0 Å². The van der Waals surface area contributed by atoms with E-state index in [0.717, 1.165) is 17.6 Å². The Morgan fingerprint density at radius 3 is 1.89 bits per heavy atom. The molecule has 1 rings (SSSR count). The van der Waals surface area contributed by atoms with Crippen LogP contribution in [0, 0.1) is 0 Å². The van der Waals surface area contributed by atoms with E-state index in [1.165, 1.54) is 82.6 Å². The lowest BCUT2D eigenvalue weighted by molar-refractivity contribution is -0.903. The largest absolute Gasteiger partial charge is 0.462 e. The Bertz CT molecular complexity index is 734. The number of carbonyl (C=O) groups is 1. The summed E-state index contributed by atoms with van der Waals surface area (Å²) in [7, 11) is 0.289. The highest BCUT2D eigenvalue weighted by atomic mass is 31.2. The van der Waals surface area contributed by atoms with Gasteiger partial charge in [0.15, 0.2) is 0 Å². The maximum absolute atomic E-state index is 12.1. The Morgan fingerprint density at radius 2 is 1.37 bits per heavy atom. The van der Waals surface area contributed by atoms with Gasteiger partial charge < -0.3 is 19.0 Å². The minimum atomic E-state index is -4.22. The van der Waals surface area contributed by atoms with Gasteiger partial charge in [0, 0.05) is 12.1 Å². The quantitative estimate of drug-likeness (QED) is 0.0785. The van der Waals surface area contributed by atoms with Gasteiger partial charge in [0.2, 0.25) is 0 Å². The van der Waals surface area contributed by atoms with Crippen LogP contribution in [0.5, 0.6) is 0 Å². The summed E-state index contributed by atoms with van der Waals surface area (Å²) in [5, 5.41) is 2.08. The van der Waals surface area contributed by atoms with Crippen LogP contribution < -0.4 is 5.09 Å². The topological polar surface area (TPSA) is 95.9 Å². The molecule has 1 aromatic carbocycles. The molecule has 0 aliphatic rings. The van der Waals surface area contributed by atoms with E-state index < -0.39 is 13.7 Å². The van der Waals surface area contributed by atoms with E-state index >= 15 is 0 Å². The molecule has 0 bridgehead atoms. The van der Waals surface area contributed by atoms with E-state index in [1.54, 1.807) is 12.1 Å². The summed E-state index contributed by atoms with van der Waals surface area (Å²) in [5.41, 5.74) is 1.68. The summed E-state index contributed by atoms with van der Waals surface area (Å²) in [6.07, 6.45) is 16.7. The summed E-state index contributed by atoms with van der Waals surface area (Å²) < 4.78 is 16.8. The zero-order valence-corrected chi connectivity index (χ0v) is 23.2. The highest BCUT2D eigenvalue weighted by molar-refractivity contribution is 7.49. The second-order valence-electron chi connectivity index (χ2n) is 10.3. The highest BCUT2D eigenvalue weighted by Gasteiger charge is 2.16. The van der Waals surface area contributed by atoms with Crippen LogP contribution in [0.2, 0.25) is 0 Å². The van der Waals surface area contributed by atoms with Crippen LogP contribution in [0.25, 0.3) is 0 Å². The molecular weight excluding hydrogens is 463 g/mol. The zero-order chi connectivity index (χ0) is 26.0. The predicted molar refractivity (Wildman–Crippen MR) is 143 cm³/mol. The van der Waals surface area contributed by atoms with Gasteiger partial charge in [-0.15, -0.1) is 0 Å². The van der Waals surface area contributed by atoms with E-state index in [1.807, 2.05) is 12.1 Å². The zero-order valence-electron chi connectivity index (χ0n) is 22.3.